The van der Waals surface area contributed by atoms with E-state index in [1.807, 2.05) is 86.7 Å². The number of pyridine rings is 2. The van der Waals surface area contributed by atoms with Crippen LogP contribution in [0.3, 0.4) is 0 Å². The van der Waals surface area contributed by atoms with Crippen LogP contribution in [0.15, 0.2) is 85.0 Å². The number of carbonyl (C=O) groups excluding carboxylic acids is 1. The molecule has 244 valence electrons. The van der Waals surface area contributed by atoms with Gasteiger partial charge in [0.2, 0.25) is 10.0 Å². The minimum absolute atomic E-state index is 0.0400. The van der Waals surface area contributed by atoms with Gasteiger partial charge in [0.05, 0.1) is 10.3 Å². The second-order valence-electron chi connectivity index (χ2n) is 12.5. The first-order valence-electron chi connectivity index (χ1n) is 15.8. The molecule has 2 aliphatic rings. The van der Waals surface area contributed by atoms with Gasteiger partial charge < -0.3 is 20.1 Å². The highest BCUT2D eigenvalue weighted by Crippen LogP contribution is 2.49. The highest BCUT2D eigenvalue weighted by Gasteiger charge is 2.54. The van der Waals surface area contributed by atoms with Gasteiger partial charge in [0.1, 0.15) is 5.82 Å². The molecule has 6 rings (SSSR count). The Kier molecular flexibility index (Phi) is 8.44. The van der Waals surface area contributed by atoms with Gasteiger partial charge in [-0.15, -0.1) is 6.58 Å². The second kappa shape index (κ2) is 12.4. The van der Waals surface area contributed by atoms with Gasteiger partial charge in [-0.2, -0.15) is 0 Å². The topological polar surface area (TPSA) is 120 Å². The standard InChI is InChI=1S/C36H40N6O4S/c1-6-8-26-18-25(4)39-35(44)30(26)22-38-34(43)29-19-28(27-9-10-32(37-21-27)41-16-14-40(5)15-17-41)20-31-33(29)24(3)23-42(31)47(45,46)36(11-7-2)12-13-36/h7,9-10,14-21,23H,2,6,8,11-13,22H2,1,3-5H3,(H,38,43)(H,39,44). The summed E-state index contributed by atoms with van der Waals surface area (Å²) >= 11 is 0. The number of hydrogen-bond acceptors (Lipinski definition) is 7. The number of rotatable bonds is 11. The third-order valence-electron chi connectivity index (χ3n) is 9.01. The van der Waals surface area contributed by atoms with E-state index in [-0.39, 0.29) is 12.1 Å². The Morgan fingerprint density at radius 2 is 1.85 bits per heavy atom. The molecule has 1 amide bonds. The normalized spacial score (nSPS) is 15.3. The number of anilines is 1. The van der Waals surface area contributed by atoms with Crippen LogP contribution in [0.5, 0.6) is 0 Å². The lowest BCUT2D eigenvalue weighted by molar-refractivity contribution is 0.0952. The van der Waals surface area contributed by atoms with Crippen molar-refractivity contribution < 1.29 is 13.2 Å². The maximum Gasteiger partial charge on any atom is 0.253 e. The Bertz CT molecular complexity index is 2090. The molecule has 2 N–H and O–H groups in total. The SMILES string of the molecule is C=CCC1(S(=O)(=O)n2cc(C)c3c(C(=O)NCc4c(CCC)cc(C)[nH]c4=O)cc(-c4ccc(N5C=CN(C)C=C5)nc4)cc32)CC1. The van der Waals surface area contributed by atoms with Crippen LogP contribution < -0.4 is 15.8 Å². The van der Waals surface area contributed by atoms with E-state index in [9.17, 15) is 18.0 Å². The molecule has 1 aliphatic heterocycles. The first kappa shape index (κ1) is 32.1. The highest BCUT2D eigenvalue weighted by atomic mass is 32.2. The summed E-state index contributed by atoms with van der Waals surface area (Å²) in [5.41, 5.74) is 4.74. The number of aromatic nitrogens is 3. The van der Waals surface area contributed by atoms with Crippen LogP contribution in [0.2, 0.25) is 0 Å². The van der Waals surface area contributed by atoms with Gasteiger partial charge in [0, 0.05) is 78.6 Å². The van der Waals surface area contributed by atoms with E-state index in [0.29, 0.717) is 64.7 Å². The maximum absolute atomic E-state index is 14.1. The van der Waals surface area contributed by atoms with Crippen molar-refractivity contribution in [1.82, 2.24) is 24.2 Å². The average molecular weight is 653 g/mol. The molecule has 0 radical (unpaired) electrons. The van der Waals surface area contributed by atoms with Crippen molar-refractivity contribution in [2.24, 2.45) is 0 Å². The van der Waals surface area contributed by atoms with Gasteiger partial charge in [-0.3, -0.25) is 9.59 Å². The minimum Gasteiger partial charge on any atom is -0.354 e. The average Bonchev–Trinajstić information content (AvgIpc) is 3.77. The maximum atomic E-state index is 14.1. The summed E-state index contributed by atoms with van der Waals surface area (Å²) < 4.78 is 28.7. The smallest absolute Gasteiger partial charge is 0.253 e. The monoisotopic (exact) mass is 652 g/mol. The fraction of sp³-hybridized carbons (Fsp3) is 0.306. The lowest BCUT2D eigenvalue weighted by Crippen LogP contribution is -2.29. The summed E-state index contributed by atoms with van der Waals surface area (Å²) in [5.74, 6) is 0.309. The predicted molar refractivity (Wildman–Crippen MR) is 186 cm³/mol. The van der Waals surface area contributed by atoms with Crippen LogP contribution in [0.1, 0.15) is 65.3 Å². The third kappa shape index (κ3) is 5.91. The quantitative estimate of drug-likeness (QED) is 0.195. The molecular weight excluding hydrogens is 613 g/mol. The lowest BCUT2D eigenvalue weighted by Gasteiger charge is -2.21. The van der Waals surface area contributed by atoms with E-state index in [1.165, 1.54) is 3.97 Å². The molecule has 0 bridgehead atoms. The van der Waals surface area contributed by atoms with Crippen LogP contribution in [-0.2, 0) is 23.0 Å². The van der Waals surface area contributed by atoms with Gasteiger partial charge in [0.15, 0.2) is 0 Å². The van der Waals surface area contributed by atoms with E-state index in [0.717, 1.165) is 23.2 Å². The van der Waals surface area contributed by atoms with Crippen molar-refractivity contribution in [3.63, 3.8) is 0 Å². The van der Waals surface area contributed by atoms with Crippen LogP contribution in [0.4, 0.5) is 5.82 Å². The van der Waals surface area contributed by atoms with Crippen LogP contribution in [-0.4, -0.2) is 45.0 Å². The molecule has 1 saturated carbocycles. The van der Waals surface area contributed by atoms with Crippen molar-refractivity contribution >= 4 is 32.7 Å². The van der Waals surface area contributed by atoms with E-state index in [1.54, 1.807) is 24.5 Å². The Labute approximate surface area is 275 Å². The first-order chi connectivity index (χ1) is 22.5. The molecule has 0 saturated heterocycles. The zero-order valence-corrected chi connectivity index (χ0v) is 28.0. The third-order valence-corrected chi connectivity index (χ3v) is 11.5. The molecule has 10 nitrogen and oxygen atoms in total. The Hall–Kier alpha value is -4.90. The molecule has 47 heavy (non-hydrogen) atoms. The zero-order valence-electron chi connectivity index (χ0n) is 27.2. The molecule has 0 atom stereocenters. The summed E-state index contributed by atoms with van der Waals surface area (Å²) in [7, 11) is -1.87. The van der Waals surface area contributed by atoms with Crippen LogP contribution in [0, 0.1) is 13.8 Å². The van der Waals surface area contributed by atoms with Gasteiger partial charge in [-0.1, -0.05) is 19.4 Å². The fourth-order valence-electron chi connectivity index (χ4n) is 6.30. The summed E-state index contributed by atoms with van der Waals surface area (Å²) in [6.45, 7) is 9.54. The molecular formula is C36H40N6O4S. The number of amides is 1. The van der Waals surface area contributed by atoms with Crippen LogP contribution >= 0.6 is 0 Å². The number of hydrogen-bond donors (Lipinski definition) is 2. The molecule has 0 spiro atoms. The van der Waals surface area contributed by atoms with Gasteiger partial charge >= 0.3 is 0 Å². The minimum atomic E-state index is -3.81. The molecule has 1 aromatic carbocycles. The number of nitrogens with zero attached hydrogens (tertiary/aromatic N) is 4. The predicted octanol–water partition coefficient (Wildman–Crippen LogP) is 5.87. The lowest BCUT2D eigenvalue weighted by atomic mass is 9.98. The Morgan fingerprint density at radius 1 is 1.11 bits per heavy atom. The van der Waals surface area contributed by atoms with Gasteiger partial charge in [-0.25, -0.2) is 17.4 Å². The van der Waals surface area contributed by atoms with E-state index >= 15 is 0 Å². The first-order valence-corrected chi connectivity index (χ1v) is 17.3. The van der Waals surface area contributed by atoms with Crippen molar-refractivity contribution in [1.29, 1.82) is 0 Å². The molecule has 0 unspecified atom stereocenters. The highest BCUT2D eigenvalue weighted by molar-refractivity contribution is 7.91. The number of H-pyrrole nitrogens is 1. The summed E-state index contributed by atoms with van der Waals surface area (Å²) in [6.07, 6.45) is 15.7. The van der Waals surface area contributed by atoms with Crippen molar-refractivity contribution in [3.8, 4) is 11.1 Å². The molecule has 4 aromatic rings. The number of allylic oxidation sites excluding steroid dienone is 1. The molecule has 3 aromatic heterocycles. The number of nitrogens with one attached hydrogen (secondary N) is 2. The Balaban J connectivity index is 1.44. The van der Waals surface area contributed by atoms with E-state index < -0.39 is 20.7 Å². The number of fused-ring (bicyclic) bond motifs is 1. The summed E-state index contributed by atoms with van der Waals surface area (Å²) in [5, 5.41) is 3.52. The van der Waals surface area contributed by atoms with E-state index in [2.05, 4.69) is 21.9 Å². The van der Waals surface area contributed by atoms with E-state index in [4.69, 9.17) is 0 Å². The number of aromatic amines is 1. The number of aryl methyl sites for hydroxylation is 3. The molecule has 4 heterocycles. The molecule has 1 fully saturated rings. The van der Waals surface area contributed by atoms with Gasteiger partial charge in [-0.05, 0) is 86.6 Å². The molecule has 11 heteroatoms. The largest absolute Gasteiger partial charge is 0.354 e. The van der Waals surface area contributed by atoms with Crippen molar-refractivity contribution in [2.45, 2.75) is 64.2 Å². The summed E-state index contributed by atoms with van der Waals surface area (Å²) in [6, 6.07) is 9.32. The zero-order chi connectivity index (χ0) is 33.5. The van der Waals surface area contributed by atoms with Crippen molar-refractivity contribution in [2.75, 3.05) is 11.9 Å². The molecule has 1 aliphatic carbocycles. The van der Waals surface area contributed by atoms with Crippen molar-refractivity contribution in [3.05, 3.63) is 118 Å². The van der Waals surface area contributed by atoms with Crippen LogP contribution in [0.25, 0.3) is 22.0 Å². The number of carbonyl (C=O) groups is 1. The van der Waals surface area contributed by atoms with Gasteiger partial charge in [0.25, 0.3) is 11.5 Å². The Morgan fingerprint density at radius 3 is 2.49 bits per heavy atom. The second-order valence-corrected chi connectivity index (χ2v) is 14.7. The summed E-state index contributed by atoms with van der Waals surface area (Å²) in [4.78, 5) is 38.3. The fourth-order valence-corrected chi connectivity index (χ4v) is 8.36. The number of benzene rings is 1.